The second-order valence-electron chi connectivity index (χ2n) is 3.96. The summed E-state index contributed by atoms with van der Waals surface area (Å²) in [4.78, 5) is 23.9. The number of carboxylic acid groups (broad SMARTS) is 1. The molecule has 0 saturated heterocycles. The molecule has 1 aromatic carbocycles. The Hall–Kier alpha value is -1.56. The van der Waals surface area contributed by atoms with Gasteiger partial charge in [0.1, 0.15) is 12.3 Å². The molecule has 0 saturated carbocycles. The fraction of sp³-hybridized carbons (Fsp3) is 0.385. The molecule has 104 valence electrons. The second-order valence-corrected chi connectivity index (χ2v) is 4.88. The van der Waals surface area contributed by atoms with Crippen molar-refractivity contribution in [3.8, 4) is 5.75 Å². The van der Waals surface area contributed by atoms with E-state index < -0.39 is 12.1 Å². The van der Waals surface area contributed by atoms with Crippen molar-refractivity contribution >= 4 is 27.8 Å². The zero-order chi connectivity index (χ0) is 14.4. The van der Waals surface area contributed by atoms with E-state index in [9.17, 15) is 9.59 Å². The van der Waals surface area contributed by atoms with E-state index >= 15 is 0 Å². The number of benzene rings is 1. The van der Waals surface area contributed by atoms with E-state index in [-0.39, 0.29) is 12.5 Å². The standard InChI is InChI=1S/C13H16BrNO4/c1-3-15(8-12(16)17)13(18)9(2)19-11-6-4-5-10(14)7-11/h4-7,9H,3,8H2,1-2H3,(H,16,17). The molecule has 6 heteroatoms. The molecule has 1 amide bonds. The summed E-state index contributed by atoms with van der Waals surface area (Å²) >= 11 is 3.31. The van der Waals surface area contributed by atoms with Gasteiger partial charge in [0, 0.05) is 11.0 Å². The third kappa shape index (κ3) is 4.90. The van der Waals surface area contributed by atoms with Gasteiger partial charge in [0.2, 0.25) is 0 Å². The Morgan fingerprint density at radius 2 is 2.16 bits per heavy atom. The van der Waals surface area contributed by atoms with Crippen LogP contribution in [0.15, 0.2) is 28.7 Å². The molecule has 0 aliphatic heterocycles. The number of halogens is 1. The first-order chi connectivity index (χ1) is 8.93. The normalized spacial score (nSPS) is 11.7. The van der Waals surface area contributed by atoms with E-state index in [2.05, 4.69) is 15.9 Å². The lowest BCUT2D eigenvalue weighted by Crippen LogP contribution is -2.43. The highest BCUT2D eigenvalue weighted by molar-refractivity contribution is 9.10. The summed E-state index contributed by atoms with van der Waals surface area (Å²) in [5.41, 5.74) is 0. The molecule has 1 N–H and O–H groups in total. The van der Waals surface area contributed by atoms with Gasteiger partial charge in [-0.1, -0.05) is 22.0 Å². The van der Waals surface area contributed by atoms with Gasteiger partial charge < -0.3 is 14.7 Å². The Morgan fingerprint density at radius 1 is 1.47 bits per heavy atom. The van der Waals surface area contributed by atoms with Gasteiger partial charge >= 0.3 is 5.97 Å². The van der Waals surface area contributed by atoms with Gasteiger partial charge in [-0.2, -0.15) is 0 Å². The minimum atomic E-state index is -1.04. The average molecular weight is 330 g/mol. The Morgan fingerprint density at radius 3 is 2.68 bits per heavy atom. The summed E-state index contributed by atoms with van der Waals surface area (Å²) in [6.07, 6.45) is -0.728. The Bertz CT molecular complexity index is 464. The van der Waals surface area contributed by atoms with Gasteiger partial charge in [0.25, 0.3) is 5.91 Å². The highest BCUT2D eigenvalue weighted by Crippen LogP contribution is 2.19. The van der Waals surface area contributed by atoms with Gasteiger partial charge in [-0.3, -0.25) is 9.59 Å². The first-order valence-electron chi connectivity index (χ1n) is 5.86. The van der Waals surface area contributed by atoms with E-state index in [1.54, 1.807) is 32.0 Å². The lowest BCUT2D eigenvalue weighted by atomic mass is 10.3. The van der Waals surface area contributed by atoms with Crippen LogP contribution < -0.4 is 4.74 Å². The molecule has 1 aromatic rings. The van der Waals surface area contributed by atoms with Crippen LogP contribution in [0, 0.1) is 0 Å². The van der Waals surface area contributed by atoms with Crippen molar-refractivity contribution in [1.29, 1.82) is 0 Å². The molecule has 0 radical (unpaired) electrons. The summed E-state index contributed by atoms with van der Waals surface area (Å²) in [6, 6.07) is 7.13. The van der Waals surface area contributed by atoms with Crippen molar-refractivity contribution in [2.75, 3.05) is 13.1 Å². The number of carbonyl (C=O) groups is 2. The zero-order valence-corrected chi connectivity index (χ0v) is 12.4. The van der Waals surface area contributed by atoms with Crippen molar-refractivity contribution in [3.05, 3.63) is 28.7 Å². The van der Waals surface area contributed by atoms with E-state index in [4.69, 9.17) is 9.84 Å². The number of hydrogen-bond acceptors (Lipinski definition) is 3. The lowest BCUT2D eigenvalue weighted by Gasteiger charge is -2.23. The molecule has 0 heterocycles. The van der Waals surface area contributed by atoms with E-state index in [0.29, 0.717) is 12.3 Å². The predicted octanol–water partition coefficient (Wildman–Crippen LogP) is 2.15. The van der Waals surface area contributed by atoms with Gasteiger partial charge in [-0.05, 0) is 32.0 Å². The molecular weight excluding hydrogens is 314 g/mol. The van der Waals surface area contributed by atoms with Crippen molar-refractivity contribution in [1.82, 2.24) is 4.90 Å². The molecule has 19 heavy (non-hydrogen) atoms. The molecule has 0 aliphatic carbocycles. The van der Waals surface area contributed by atoms with Crippen molar-refractivity contribution in [2.24, 2.45) is 0 Å². The van der Waals surface area contributed by atoms with E-state index in [1.165, 1.54) is 4.90 Å². The number of rotatable bonds is 6. The van der Waals surface area contributed by atoms with Crippen LogP contribution >= 0.6 is 15.9 Å². The van der Waals surface area contributed by atoms with Gasteiger partial charge in [0.15, 0.2) is 6.10 Å². The topological polar surface area (TPSA) is 66.8 Å². The second kappa shape index (κ2) is 7.13. The summed E-state index contributed by atoms with van der Waals surface area (Å²) in [5.74, 6) is -0.823. The SMILES string of the molecule is CCN(CC(=O)O)C(=O)C(C)Oc1cccc(Br)c1. The molecule has 0 aliphatic rings. The maximum absolute atomic E-state index is 12.0. The van der Waals surface area contributed by atoms with Gasteiger partial charge in [-0.15, -0.1) is 0 Å². The zero-order valence-electron chi connectivity index (χ0n) is 10.8. The molecule has 1 atom stereocenters. The van der Waals surface area contributed by atoms with Crippen LogP contribution in [0.3, 0.4) is 0 Å². The van der Waals surface area contributed by atoms with Crippen LogP contribution in [-0.2, 0) is 9.59 Å². The number of likely N-dealkylation sites (N-methyl/N-ethyl adjacent to an activating group) is 1. The molecule has 0 fully saturated rings. The molecule has 0 bridgehead atoms. The lowest BCUT2D eigenvalue weighted by molar-refractivity contribution is -0.147. The Balaban J connectivity index is 2.68. The van der Waals surface area contributed by atoms with Crippen LogP contribution in [0.2, 0.25) is 0 Å². The number of carbonyl (C=O) groups excluding carboxylic acids is 1. The largest absolute Gasteiger partial charge is 0.481 e. The highest BCUT2D eigenvalue weighted by Gasteiger charge is 2.22. The van der Waals surface area contributed by atoms with Crippen molar-refractivity contribution in [3.63, 3.8) is 0 Å². The maximum Gasteiger partial charge on any atom is 0.323 e. The summed E-state index contributed by atoms with van der Waals surface area (Å²) in [5, 5.41) is 8.73. The van der Waals surface area contributed by atoms with Gasteiger partial charge in [-0.25, -0.2) is 0 Å². The number of hydrogen-bond donors (Lipinski definition) is 1. The van der Waals surface area contributed by atoms with Crippen molar-refractivity contribution in [2.45, 2.75) is 20.0 Å². The summed E-state index contributed by atoms with van der Waals surface area (Å²) in [7, 11) is 0. The number of amides is 1. The Labute approximate surface area is 120 Å². The number of nitrogens with zero attached hydrogens (tertiary/aromatic N) is 1. The predicted molar refractivity (Wildman–Crippen MR) is 74.1 cm³/mol. The van der Waals surface area contributed by atoms with Crippen LogP contribution in [-0.4, -0.2) is 41.1 Å². The minimum absolute atomic E-state index is 0.318. The van der Waals surface area contributed by atoms with Crippen LogP contribution in [0.4, 0.5) is 0 Å². The molecule has 0 aromatic heterocycles. The summed E-state index contributed by atoms with van der Waals surface area (Å²) in [6.45, 7) is 3.35. The number of ether oxygens (including phenoxy) is 1. The minimum Gasteiger partial charge on any atom is -0.481 e. The third-order valence-electron chi connectivity index (χ3n) is 2.48. The molecule has 1 unspecified atom stereocenters. The van der Waals surface area contributed by atoms with Crippen LogP contribution in [0.5, 0.6) is 5.75 Å². The van der Waals surface area contributed by atoms with Crippen molar-refractivity contribution < 1.29 is 19.4 Å². The highest BCUT2D eigenvalue weighted by atomic mass is 79.9. The van der Waals surface area contributed by atoms with Crippen LogP contribution in [0.25, 0.3) is 0 Å². The first kappa shape index (κ1) is 15.5. The van der Waals surface area contributed by atoms with Crippen LogP contribution in [0.1, 0.15) is 13.8 Å². The summed E-state index contributed by atoms with van der Waals surface area (Å²) < 4.78 is 6.36. The smallest absolute Gasteiger partial charge is 0.323 e. The van der Waals surface area contributed by atoms with E-state index in [1.807, 2.05) is 6.07 Å². The average Bonchev–Trinajstić information content (AvgIpc) is 2.34. The number of carboxylic acids is 1. The number of aliphatic carboxylic acids is 1. The fourth-order valence-corrected chi connectivity index (χ4v) is 1.94. The maximum atomic E-state index is 12.0. The quantitative estimate of drug-likeness (QED) is 0.868. The monoisotopic (exact) mass is 329 g/mol. The van der Waals surface area contributed by atoms with E-state index in [0.717, 1.165) is 4.47 Å². The fourth-order valence-electron chi connectivity index (χ4n) is 1.56. The Kier molecular flexibility index (Phi) is 5.82. The van der Waals surface area contributed by atoms with Gasteiger partial charge in [0.05, 0.1) is 0 Å². The first-order valence-corrected chi connectivity index (χ1v) is 6.66. The molecule has 5 nitrogen and oxygen atoms in total. The third-order valence-corrected chi connectivity index (χ3v) is 2.97. The molecule has 0 spiro atoms. The molecular formula is C13H16BrNO4. The molecule has 1 rings (SSSR count).